The lowest BCUT2D eigenvalue weighted by molar-refractivity contribution is 0.124. The standard InChI is InChI=1S/C14H22N4O3S/c1-17(2)13-14(16-8-7-15-13)21-11-4-3-9-18(10-11)22(19,20)12-5-6-12/h7-8,11-12H,3-6,9-10H2,1-2H3/t11-/m1/s1. The maximum Gasteiger partial charge on any atom is 0.257 e. The molecule has 0 aromatic carbocycles. The van der Waals surface area contributed by atoms with Crippen molar-refractivity contribution in [2.45, 2.75) is 37.0 Å². The maximum atomic E-state index is 12.4. The zero-order chi connectivity index (χ0) is 15.7. The van der Waals surface area contributed by atoms with Crippen molar-refractivity contribution in [2.24, 2.45) is 0 Å². The summed E-state index contributed by atoms with van der Waals surface area (Å²) < 4.78 is 32.3. The first-order valence-electron chi connectivity index (χ1n) is 7.62. The van der Waals surface area contributed by atoms with Crippen molar-refractivity contribution in [2.75, 3.05) is 32.1 Å². The van der Waals surface area contributed by atoms with Gasteiger partial charge in [-0.3, -0.25) is 0 Å². The first kappa shape index (κ1) is 15.5. The minimum atomic E-state index is -3.13. The molecule has 1 saturated heterocycles. The van der Waals surface area contributed by atoms with Crippen molar-refractivity contribution in [1.82, 2.24) is 14.3 Å². The average Bonchev–Trinajstić information content (AvgIpc) is 3.33. The minimum absolute atomic E-state index is 0.167. The van der Waals surface area contributed by atoms with Gasteiger partial charge in [0.1, 0.15) is 6.10 Å². The average molecular weight is 326 g/mol. The first-order chi connectivity index (χ1) is 10.5. The molecule has 7 nitrogen and oxygen atoms in total. The quantitative estimate of drug-likeness (QED) is 0.799. The van der Waals surface area contributed by atoms with E-state index in [4.69, 9.17) is 4.74 Å². The van der Waals surface area contributed by atoms with Crippen LogP contribution in [0.2, 0.25) is 0 Å². The van der Waals surface area contributed by atoms with Crippen LogP contribution in [0.5, 0.6) is 5.88 Å². The predicted molar refractivity (Wildman–Crippen MR) is 83.5 cm³/mol. The van der Waals surface area contributed by atoms with E-state index < -0.39 is 10.0 Å². The van der Waals surface area contributed by atoms with Crippen LogP contribution in [0.4, 0.5) is 5.82 Å². The fourth-order valence-corrected chi connectivity index (χ4v) is 4.59. The van der Waals surface area contributed by atoms with Crippen LogP contribution < -0.4 is 9.64 Å². The fourth-order valence-electron chi connectivity index (χ4n) is 2.67. The second-order valence-corrected chi connectivity index (χ2v) is 8.28. The lowest BCUT2D eigenvalue weighted by Gasteiger charge is -2.32. The summed E-state index contributed by atoms with van der Waals surface area (Å²) in [7, 11) is 0.620. The molecule has 2 heterocycles. The molecule has 122 valence electrons. The molecule has 8 heteroatoms. The fraction of sp³-hybridized carbons (Fsp3) is 0.714. The van der Waals surface area contributed by atoms with Crippen LogP contribution in [0.3, 0.4) is 0 Å². The lowest BCUT2D eigenvalue weighted by atomic mass is 10.1. The van der Waals surface area contributed by atoms with Gasteiger partial charge in [-0.15, -0.1) is 0 Å². The van der Waals surface area contributed by atoms with Gasteiger partial charge < -0.3 is 9.64 Å². The molecule has 1 saturated carbocycles. The molecule has 3 rings (SSSR count). The monoisotopic (exact) mass is 326 g/mol. The minimum Gasteiger partial charge on any atom is -0.470 e. The van der Waals surface area contributed by atoms with Gasteiger partial charge in [0.25, 0.3) is 5.88 Å². The third-order valence-electron chi connectivity index (χ3n) is 3.99. The lowest BCUT2D eigenvalue weighted by Crippen LogP contribution is -2.45. The molecule has 1 aliphatic carbocycles. The molecule has 1 aromatic heterocycles. The normalized spacial score (nSPS) is 23.3. The Balaban J connectivity index is 1.71. The summed E-state index contributed by atoms with van der Waals surface area (Å²) in [6.45, 7) is 1.00. The van der Waals surface area contributed by atoms with Crippen LogP contribution in [-0.4, -0.2) is 61.2 Å². The van der Waals surface area contributed by atoms with Crippen LogP contribution in [-0.2, 0) is 10.0 Å². The molecule has 1 aromatic rings. The van der Waals surface area contributed by atoms with E-state index >= 15 is 0 Å². The van der Waals surface area contributed by atoms with Crippen molar-refractivity contribution in [3.63, 3.8) is 0 Å². The van der Waals surface area contributed by atoms with Gasteiger partial charge in [0.15, 0.2) is 5.82 Å². The van der Waals surface area contributed by atoms with Crippen LogP contribution >= 0.6 is 0 Å². The number of anilines is 1. The van der Waals surface area contributed by atoms with E-state index in [9.17, 15) is 8.42 Å². The smallest absolute Gasteiger partial charge is 0.257 e. The van der Waals surface area contributed by atoms with Gasteiger partial charge in [0.05, 0.1) is 11.8 Å². The van der Waals surface area contributed by atoms with Gasteiger partial charge in [-0.05, 0) is 25.7 Å². The maximum absolute atomic E-state index is 12.4. The summed E-state index contributed by atoms with van der Waals surface area (Å²) in [5.41, 5.74) is 0. The molecule has 2 fully saturated rings. The Hall–Kier alpha value is -1.41. The molecule has 22 heavy (non-hydrogen) atoms. The molecule has 0 radical (unpaired) electrons. The number of nitrogens with zero attached hydrogens (tertiary/aromatic N) is 4. The van der Waals surface area contributed by atoms with E-state index in [-0.39, 0.29) is 11.4 Å². The van der Waals surface area contributed by atoms with Gasteiger partial charge in [0.2, 0.25) is 10.0 Å². The van der Waals surface area contributed by atoms with Crippen molar-refractivity contribution < 1.29 is 13.2 Å². The molecular weight excluding hydrogens is 304 g/mol. The molecule has 1 aliphatic heterocycles. The van der Waals surface area contributed by atoms with E-state index in [1.165, 1.54) is 0 Å². The van der Waals surface area contributed by atoms with Crippen LogP contribution in [0.1, 0.15) is 25.7 Å². The van der Waals surface area contributed by atoms with Crippen molar-refractivity contribution >= 4 is 15.8 Å². The molecule has 0 N–H and O–H groups in total. The topological polar surface area (TPSA) is 75.6 Å². The SMILES string of the molecule is CN(C)c1nccnc1O[C@@H]1CCCN(S(=O)(=O)C2CC2)C1. The summed E-state index contributed by atoms with van der Waals surface area (Å²) in [5, 5.41) is -0.167. The third kappa shape index (κ3) is 3.17. The van der Waals surface area contributed by atoms with Crippen LogP contribution in [0, 0.1) is 0 Å². The van der Waals surface area contributed by atoms with E-state index in [0.717, 1.165) is 25.7 Å². The van der Waals surface area contributed by atoms with Crippen molar-refractivity contribution in [3.05, 3.63) is 12.4 Å². The van der Waals surface area contributed by atoms with E-state index in [1.807, 2.05) is 19.0 Å². The van der Waals surface area contributed by atoms with E-state index in [1.54, 1.807) is 16.7 Å². The molecule has 1 atom stereocenters. The van der Waals surface area contributed by atoms with Gasteiger partial charge in [-0.2, -0.15) is 4.31 Å². The first-order valence-corrected chi connectivity index (χ1v) is 9.13. The molecule has 2 aliphatic rings. The van der Waals surface area contributed by atoms with Crippen molar-refractivity contribution in [3.8, 4) is 5.88 Å². The summed E-state index contributed by atoms with van der Waals surface area (Å²) in [6.07, 6.45) is 6.27. The zero-order valence-electron chi connectivity index (χ0n) is 13.0. The number of sulfonamides is 1. The zero-order valence-corrected chi connectivity index (χ0v) is 13.8. The van der Waals surface area contributed by atoms with Crippen LogP contribution in [0.15, 0.2) is 12.4 Å². The largest absolute Gasteiger partial charge is 0.470 e. The van der Waals surface area contributed by atoms with Gasteiger partial charge in [0, 0.05) is 33.0 Å². The Morgan fingerprint density at radius 3 is 2.64 bits per heavy atom. The Morgan fingerprint density at radius 1 is 1.23 bits per heavy atom. The Labute approximate surface area is 131 Å². The second-order valence-electron chi connectivity index (χ2n) is 6.06. The molecule has 0 bridgehead atoms. The molecular formula is C14H22N4O3S. The highest BCUT2D eigenvalue weighted by atomic mass is 32.2. The summed E-state index contributed by atoms with van der Waals surface area (Å²) in [6, 6.07) is 0. The van der Waals surface area contributed by atoms with E-state index in [0.29, 0.717) is 24.8 Å². The number of piperidine rings is 1. The van der Waals surface area contributed by atoms with Gasteiger partial charge in [-0.25, -0.2) is 18.4 Å². The predicted octanol–water partition coefficient (Wildman–Crippen LogP) is 0.878. The third-order valence-corrected chi connectivity index (χ3v) is 6.36. The van der Waals surface area contributed by atoms with Crippen LogP contribution in [0.25, 0.3) is 0 Å². The number of ether oxygens (including phenoxy) is 1. The summed E-state index contributed by atoms with van der Waals surface area (Å²) >= 11 is 0. The van der Waals surface area contributed by atoms with E-state index in [2.05, 4.69) is 9.97 Å². The second kappa shape index (κ2) is 6.00. The Kier molecular flexibility index (Phi) is 4.22. The summed E-state index contributed by atoms with van der Waals surface area (Å²) in [4.78, 5) is 10.3. The van der Waals surface area contributed by atoms with Gasteiger partial charge in [-0.1, -0.05) is 0 Å². The highest BCUT2D eigenvalue weighted by molar-refractivity contribution is 7.90. The van der Waals surface area contributed by atoms with Gasteiger partial charge >= 0.3 is 0 Å². The Bertz CT molecular complexity index is 631. The number of rotatable bonds is 5. The molecule has 0 spiro atoms. The molecule has 0 unspecified atom stereocenters. The summed E-state index contributed by atoms with van der Waals surface area (Å²) in [5.74, 6) is 1.12. The highest BCUT2D eigenvalue weighted by Crippen LogP contribution is 2.33. The van der Waals surface area contributed by atoms with Crippen molar-refractivity contribution in [1.29, 1.82) is 0 Å². The number of aromatic nitrogens is 2. The number of hydrogen-bond acceptors (Lipinski definition) is 6. The Morgan fingerprint density at radius 2 is 1.95 bits per heavy atom. The highest BCUT2D eigenvalue weighted by Gasteiger charge is 2.42. The number of hydrogen-bond donors (Lipinski definition) is 0. The molecule has 0 amide bonds.